The second kappa shape index (κ2) is 9.60. The van der Waals surface area contributed by atoms with Gasteiger partial charge in [0.05, 0.1) is 18.1 Å². The van der Waals surface area contributed by atoms with Crippen molar-refractivity contribution in [3.8, 4) is 0 Å². The lowest BCUT2D eigenvalue weighted by Crippen LogP contribution is -2.48. The number of likely N-dealkylation sites (tertiary alicyclic amines) is 1. The molecule has 32 heavy (non-hydrogen) atoms. The van der Waals surface area contributed by atoms with Gasteiger partial charge in [-0.25, -0.2) is 4.79 Å². The van der Waals surface area contributed by atoms with Crippen LogP contribution in [0.1, 0.15) is 73.4 Å². The van der Waals surface area contributed by atoms with Crippen LogP contribution in [0, 0.1) is 14.4 Å². The van der Waals surface area contributed by atoms with Gasteiger partial charge in [-0.05, 0) is 97.3 Å². The minimum atomic E-state index is -1.14. The lowest BCUT2D eigenvalue weighted by atomic mass is 9.77. The van der Waals surface area contributed by atoms with E-state index in [0.29, 0.717) is 0 Å². The number of ether oxygens (including phenoxy) is 2. The molecule has 0 aliphatic carbocycles. The molecule has 0 aromatic heterocycles. The van der Waals surface area contributed by atoms with Crippen molar-refractivity contribution < 1.29 is 23.9 Å². The van der Waals surface area contributed by atoms with Crippen LogP contribution in [0.25, 0.3) is 0 Å². The van der Waals surface area contributed by atoms with E-state index >= 15 is 0 Å². The van der Waals surface area contributed by atoms with Gasteiger partial charge < -0.3 is 14.4 Å². The first-order chi connectivity index (χ1) is 14.5. The van der Waals surface area contributed by atoms with Crippen molar-refractivity contribution in [2.24, 2.45) is 10.8 Å². The van der Waals surface area contributed by atoms with Gasteiger partial charge in [0.25, 0.3) is 0 Å². The Kier molecular flexibility index (Phi) is 8.13. The predicted octanol–water partition coefficient (Wildman–Crippen LogP) is 5.65. The van der Waals surface area contributed by atoms with Crippen molar-refractivity contribution in [2.75, 3.05) is 6.61 Å². The summed E-state index contributed by atoms with van der Waals surface area (Å²) in [7, 11) is 0. The molecule has 1 saturated heterocycles. The van der Waals surface area contributed by atoms with Gasteiger partial charge in [-0.15, -0.1) is 0 Å². The number of halogens is 2. The van der Waals surface area contributed by atoms with Crippen LogP contribution in [0.3, 0.4) is 0 Å². The molecule has 6 nitrogen and oxygen atoms in total. The summed E-state index contributed by atoms with van der Waals surface area (Å²) < 4.78 is 13.0. The van der Waals surface area contributed by atoms with Gasteiger partial charge in [-0.1, -0.05) is 26.8 Å². The Morgan fingerprint density at radius 2 is 1.78 bits per heavy atom. The third-order valence-corrected chi connectivity index (χ3v) is 7.72. The second-order valence-corrected chi connectivity index (χ2v) is 12.4. The maximum absolute atomic E-state index is 13.7. The molecule has 178 valence electrons. The lowest BCUT2D eigenvalue weighted by Gasteiger charge is -2.38. The molecule has 0 bridgehead atoms. The highest BCUT2D eigenvalue weighted by atomic mass is 127. The van der Waals surface area contributed by atoms with Crippen LogP contribution in [-0.2, 0) is 23.9 Å². The average Bonchev–Trinajstić information content (AvgIpc) is 2.96. The number of carbonyl (C=O) groups excluding carboxylic acids is 3. The van der Waals surface area contributed by atoms with Gasteiger partial charge in [0, 0.05) is 13.5 Å². The number of nitrogens with zero attached hydrogens (tertiary/aromatic N) is 1. The summed E-state index contributed by atoms with van der Waals surface area (Å²) in [5, 5.41) is 0. The molecular weight excluding hydrogens is 589 g/mol. The van der Waals surface area contributed by atoms with Gasteiger partial charge >= 0.3 is 11.9 Å². The average molecular weight is 622 g/mol. The van der Waals surface area contributed by atoms with Crippen molar-refractivity contribution in [1.82, 2.24) is 4.90 Å². The van der Waals surface area contributed by atoms with Crippen LogP contribution in [0.2, 0.25) is 0 Å². The fourth-order valence-electron chi connectivity index (χ4n) is 3.98. The maximum atomic E-state index is 13.7. The number of rotatable bonds is 4. The van der Waals surface area contributed by atoms with Gasteiger partial charge in [0.1, 0.15) is 11.6 Å². The van der Waals surface area contributed by atoms with E-state index in [1.54, 1.807) is 18.7 Å². The van der Waals surface area contributed by atoms with E-state index in [-0.39, 0.29) is 18.9 Å². The van der Waals surface area contributed by atoms with Gasteiger partial charge in [0.2, 0.25) is 5.91 Å². The van der Waals surface area contributed by atoms with Crippen LogP contribution in [0.15, 0.2) is 22.7 Å². The quantitative estimate of drug-likeness (QED) is 0.321. The molecule has 0 unspecified atom stereocenters. The molecule has 0 radical (unpaired) electrons. The molecule has 1 heterocycles. The first-order valence-electron chi connectivity index (χ1n) is 10.7. The zero-order chi connectivity index (χ0) is 24.6. The normalized spacial score (nSPS) is 23.8. The molecule has 1 aliphatic rings. The fourth-order valence-corrected chi connectivity index (χ4v) is 4.77. The van der Waals surface area contributed by atoms with E-state index in [4.69, 9.17) is 9.47 Å². The van der Waals surface area contributed by atoms with Crippen LogP contribution < -0.4 is 0 Å². The Morgan fingerprint density at radius 3 is 2.25 bits per heavy atom. The summed E-state index contributed by atoms with van der Waals surface area (Å²) in [5.41, 5.74) is -1.83. The minimum Gasteiger partial charge on any atom is -0.464 e. The molecular formula is C24H33BrINO5. The molecule has 1 aromatic carbocycles. The third-order valence-electron chi connectivity index (χ3n) is 5.39. The number of benzene rings is 1. The molecule has 1 aliphatic heterocycles. The van der Waals surface area contributed by atoms with E-state index in [2.05, 4.69) is 38.5 Å². The minimum absolute atomic E-state index is 0.125. The standard InChI is InChI=1S/C24H33BrINO5/c1-9-31-19(28)17-13-24(8,21(30)32-23(5,6)7)18(27(17)20(29)22(2,3)4)14-10-11-15(25)16(26)12-14/h10-12,17-18H,9,13H2,1-8H3/t17-,18-,24-/m0/s1. The Hall–Kier alpha value is -1.16. The van der Waals surface area contributed by atoms with E-state index in [0.717, 1.165) is 13.6 Å². The molecule has 3 atom stereocenters. The van der Waals surface area contributed by atoms with Crippen LogP contribution in [0.5, 0.6) is 0 Å². The Morgan fingerprint density at radius 1 is 1.19 bits per heavy atom. The Bertz CT molecular complexity index is 905. The molecule has 0 spiro atoms. The summed E-state index contributed by atoms with van der Waals surface area (Å²) in [6.45, 7) is 14.5. The Labute approximate surface area is 213 Å². The number of carbonyl (C=O) groups is 3. The van der Waals surface area contributed by atoms with Crippen molar-refractivity contribution in [2.45, 2.75) is 79.5 Å². The van der Waals surface area contributed by atoms with Crippen LogP contribution >= 0.6 is 38.5 Å². The molecule has 8 heteroatoms. The van der Waals surface area contributed by atoms with Crippen molar-refractivity contribution in [3.63, 3.8) is 0 Å². The molecule has 2 rings (SSSR count). The van der Waals surface area contributed by atoms with E-state index in [1.165, 1.54) is 0 Å². The monoisotopic (exact) mass is 621 g/mol. The molecule has 1 aromatic rings. The number of esters is 2. The zero-order valence-electron chi connectivity index (χ0n) is 20.0. The van der Waals surface area contributed by atoms with Crippen LogP contribution in [-0.4, -0.2) is 41.0 Å². The van der Waals surface area contributed by atoms with Crippen molar-refractivity contribution in [1.29, 1.82) is 0 Å². The highest BCUT2D eigenvalue weighted by Crippen LogP contribution is 2.53. The molecule has 0 N–H and O–H groups in total. The van der Waals surface area contributed by atoms with Crippen molar-refractivity contribution >= 4 is 56.4 Å². The summed E-state index contributed by atoms with van der Waals surface area (Å²) in [6.07, 6.45) is 0.125. The topological polar surface area (TPSA) is 72.9 Å². The number of amides is 1. The molecule has 1 fully saturated rings. The lowest BCUT2D eigenvalue weighted by molar-refractivity contribution is -0.169. The van der Waals surface area contributed by atoms with Crippen LogP contribution in [0.4, 0.5) is 0 Å². The fraction of sp³-hybridized carbons (Fsp3) is 0.625. The predicted molar refractivity (Wildman–Crippen MR) is 135 cm³/mol. The zero-order valence-corrected chi connectivity index (χ0v) is 23.8. The second-order valence-electron chi connectivity index (χ2n) is 10.4. The summed E-state index contributed by atoms with van der Waals surface area (Å²) >= 11 is 5.72. The largest absolute Gasteiger partial charge is 0.464 e. The van der Waals surface area contributed by atoms with E-state index in [1.807, 2.05) is 59.7 Å². The van der Waals surface area contributed by atoms with Gasteiger partial charge in [0.15, 0.2) is 0 Å². The highest BCUT2D eigenvalue weighted by Gasteiger charge is 2.60. The molecule has 0 saturated carbocycles. The number of hydrogen-bond donors (Lipinski definition) is 0. The third kappa shape index (κ3) is 5.66. The van der Waals surface area contributed by atoms with Gasteiger partial charge in [-0.2, -0.15) is 0 Å². The first-order valence-corrected chi connectivity index (χ1v) is 12.6. The summed E-state index contributed by atoms with van der Waals surface area (Å²) in [6, 6.07) is 4.15. The Balaban J connectivity index is 2.75. The van der Waals surface area contributed by atoms with E-state index < -0.39 is 40.5 Å². The SMILES string of the molecule is CCOC(=O)[C@@H]1C[C@](C)(C(=O)OC(C)(C)C)[C@H](c2ccc(Br)c(I)c2)N1C(=O)C(C)(C)C. The summed E-state index contributed by atoms with van der Waals surface area (Å²) in [4.78, 5) is 41.8. The molecule has 1 amide bonds. The smallest absolute Gasteiger partial charge is 0.328 e. The number of hydrogen-bond acceptors (Lipinski definition) is 5. The van der Waals surface area contributed by atoms with Crippen molar-refractivity contribution in [3.05, 3.63) is 31.8 Å². The maximum Gasteiger partial charge on any atom is 0.328 e. The van der Waals surface area contributed by atoms with E-state index in [9.17, 15) is 14.4 Å². The summed E-state index contributed by atoms with van der Waals surface area (Å²) in [5.74, 6) is -1.16. The highest BCUT2D eigenvalue weighted by molar-refractivity contribution is 14.1. The first kappa shape index (κ1) is 27.1. The van der Waals surface area contributed by atoms with Gasteiger partial charge in [-0.3, -0.25) is 9.59 Å².